The minimum atomic E-state index is 0.567. The van der Waals surface area contributed by atoms with Crippen LogP contribution in [-0.4, -0.2) is 30.6 Å². The molecule has 1 aromatic carbocycles. The smallest absolute Gasteiger partial charge is 0.191 e. The predicted molar refractivity (Wildman–Crippen MR) is 99.3 cm³/mol. The number of aromatic nitrogens is 1. The largest absolute Gasteiger partial charge is 0.492 e. The summed E-state index contributed by atoms with van der Waals surface area (Å²) in [6.45, 7) is 6.73. The maximum absolute atomic E-state index is 5.70. The third-order valence-electron chi connectivity index (χ3n) is 2.85. The standard InChI is InChI=1S/C16H21BrN4OS/c1-3-18-16(21-11-15-20-10-12(2)23-15)19-7-8-22-14-6-4-5-13(17)9-14/h4-6,9-10H,3,7-8,11H2,1-2H3,(H2,18,19,21). The first-order chi connectivity index (χ1) is 11.2. The molecule has 7 heteroatoms. The summed E-state index contributed by atoms with van der Waals surface area (Å²) in [7, 11) is 0. The van der Waals surface area contributed by atoms with Gasteiger partial charge < -0.3 is 15.4 Å². The molecular weight excluding hydrogens is 376 g/mol. The van der Waals surface area contributed by atoms with Gasteiger partial charge >= 0.3 is 0 Å². The zero-order valence-electron chi connectivity index (χ0n) is 13.3. The average Bonchev–Trinajstić information content (AvgIpc) is 2.94. The highest BCUT2D eigenvalue weighted by Crippen LogP contribution is 2.17. The molecule has 0 amide bonds. The highest BCUT2D eigenvalue weighted by Gasteiger charge is 2.01. The quantitative estimate of drug-likeness (QED) is 0.428. The van der Waals surface area contributed by atoms with Crippen LogP contribution in [-0.2, 0) is 6.54 Å². The van der Waals surface area contributed by atoms with Crippen LogP contribution in [0.25, 0.3) is 0 Å². The second kappa shape index (κ2) is 9.52. The molecule has 0 atom stereocenters. The average molecular weight is 397 g/mol. The van der Waals surface area contributed by atoms with Crippen LogP contribution in [0.1, 0.15) is 16.8 Å². The fourth-order valence-corrected chi connectivity index (χ4v) is 2.95. The van der Waals surface area contributed by atoms with E-state index in [0.717, 1.165) is 27.7 Å². The van der Waals surface area contributed by atoms with Gasteiger partial charge in [0.25, 0.3) is 0 Å². The number of rotatable bonds is 7. The zero-order valence-corrected chi connectivity index (χ0v) is 15.7. The van der Waals surface area contributed by atoms with Gasteiger partial charge in [0.2, 0.25) is 0 Å². The summed E-state index contributed by atoms with van der Waals surface area (Å²) in [5, 5.41) is 7.50. The number of aliphatic imine (C=N–C) groups is 1. The Kier molecular flexibility index (Phi) is 7.35. The molecule has 1 heterocycles. The van der Waals surface area contributed by atoms with Crippen molar-refractivity contribution < 1.29 is 4.74 Å². The maximum atomic E-state index is 5.70. The molecule has 0 fully saturated rings. The number of nitrogens with one attached hydrogen (secondary N) is 2. The van der Waals surface area contributed by atoms with Crippen molar-refractivity contribution >= 4 is 33.2 Å². The van der Waals surface area contributed by atoms with E-state index < -0.39 is 0 Å². The van der Waals surface area contributed by atoms with Crippen LogP contribution in [0.4, 0.5) is 0 Å². The lowest BCUT2D eigenvalue weighted by Crippen LogP contribution is -2.39. The number of benzene rings is 1. The van der Waals surface area contributed by atoms with Crippen LogP contribution in [0.2, 0.25) is 0 Å². The van der Waals surface area contributed by atoms with Crippen LogP contribution in [0.5, 0.6) is 5.75 Å². The van der Waals surface area contributed by atoms with E-state index in [2.05, 4.69) is 36.5 Å². The van der Waals surface area contributed by atoms with Gasteiger partial charge in [0, 0.05) is 22.1 Å². The van der Waals surface area contributed by atoms with Crippen molar-refractivity contribution in [2.24, 2.45) is 4.99 Å². The number of aryl methyl sites for hydroxylation is 1. The Bertz CT molecular complexity index is 645. The molecule has 1 aromatic heterocycles. The van der Waals surface area contributed by atoms with E-state index in [1.54, 1.807) is 11.3 Å². The first-order valence-electron chi connectivity index (χ1n) is 7.49. The molecule has 23 heavy (non-hydrogen) atoms. The SMILES string of the molecule is CCNC(=NCc1ncc(C)s1)NCCOc1cccc(Br)c1. The molecule has 0 saturated heterocycles. The fourth-order valence-electron chi connectivity index (χ4n) is 1.86. The molecule has 0 unspecified atom stereocenters. The van der Waals surface area contributed by atoms with Crippen LogP contribution in [0.15, 0.2) is 39.9 Å². The predicted octanol–water partition coefficient (Wildman–Crippen LogP) is 3.35. The minimum absolute atomic E-state index is 0.567. The Balaban J connectivity index is 1.77. The number of hydrogen-bond acceptors (Lipinski definition) is 4. The highest BCUT2D eigenvalue weighted by atomic mass is 79.9. The van der Waals surface area contributed by atoms with Gasteiger partial charge in [0.05, 0.1) is 13.1 Å². The van der Waals surface area contributed by atoms with E-state index in [4.69, 9.17) is 4.74 Å². The van der Waals surface area contributed by atoms with E-state index in [-0.39, 0.29) is 0 Å². The summed E-state index contributed by atoms with van der Waals surface area (Å²) in [5.41, 5.74) is 0. The van der Waals surface area contributed by atoms with Crippen molar-refractivity contribution in [3.63, 3.8) is 0 Å². The van der Waals surface area contributed by atoms with Crippen LogP contribution >= 0.6 is 27.3 Å². The molecule has 2 aromatic rings. The summed E-state index contributed by atoms with van der Waals surface area (Å²) in [4.78, 5) is 10.1. The first kappa shape index (κ1) is 17.7. The Morgan fingerprint density at radius 1 is 1.39 bits per heavy atom. The first-order valence-corrected chi connectivity index (χ1v) is 9.10. The summed E-state index contributed by atoms with van der Waals surface area (Å²) in [6.07, 6.45) is 1.88. The molecule has 0 aliphatic rings. The van der Waals surface area contributed by atoms with Crippen molar-refractivity contribution in [3.05, 3.63) is 44.8 Å². The van der Waals surface area contributed by atoms with Crippen LogP contribution in [0.3, 0.4) is 0 Å². The summed E-state index contributed by atoms with van der Waals surface area (Å²) in [5.74, 6) is 1.62. The molecule has 124 valence electrons. The second-order valence-electron chi connectivity index (χ2n) is 4.79. The summed E-state index contributed by atoms with van der Waals surface area (Å²) < 4.78 is 6.71. The lowest BCUT2D eigenvalue weighted by molar-refractivity contribution is 0.321. The van der Waals surface area contributed by atoms with E-state index >= 15 is 0 Å². The monoisotopic (exact) mass is 396 g/mol. The van der Waals surface area contributed by atoms with Gasteiger partial charge in [-0.1, -0.05) is 22.0 Å². The van der Waals surface area contributed by atoms with Crippen LogP contribution in [0, 0.1) is 6.92 Å². The van der Waals surface area contributed by atoms with Gasteiger partial charge in [0.1, 0.15) is 17.4 Å². The van der Waals surface area contributed by atoms with Crippen molar-refractivity contribution in [3.8, 4) is 5.75 Å². The van der Waals surface area contributed by atoms with Gasteiger partial charge in [-0.25, -0.2) is 9.98 Å². The number of halogens is 1. The molecular formula is C16H21BrN4OS. The van der Waals surface area contributed by atoms with Crippen molar-refractivity contribution in [1.82, 2.24) is 15.6 Å². The molecule has 0 spiro atoms. The van der Waals surface area contributed by atoms with Gasteiger partial charge in [0.15, 0.2) is 5.96 Å². The van der Waals surface area contributed by atoms with Gasteiger partial charge in [-0.15, -0.1) is 11.3 Å². The van der Waals surface area contributed by atoms with Crippen LogP contribution < -0.4 is 15.4 Å². The lowest BCUT2D eigenvalue weighted by Gasteiger charge is -2.12. The van der Waals surface area contributed by atoms with E-state index in [1.165, 1.54) is 4.88 Å². The Labute approximate surface area is 149 Å². The van der Waals surface area contributed by atoms with Crippen molar-refractivity contribution in [1.29, 1.82) is 0 Å². The molecule has 0 saturated carbocycles. The normalized spacial score (nSPS) is 11.3. The topological polar surface area (TPSA) is 58.5 Å². The van der Waals surface area contributed by atoms with Gasteiger partial charge in [-0.3, -0.25) is 0 Å². The van der Waals surface area contributed by atoms with E-state index in [9.17, 15) is 0 Å². The van der Waals surface area contributed by atoms with Crippen molar-refractivity contribution in [2.75, 3.05) is 19.7 Å². The van der Waals surface area contributed by atoms with Crippen molar-refractivity contribution in [2.45, 2.75) is 20.4 Å². The number of thiazole rings is 1. The van der Waals surface area contributed by atoms with E-state index in [0.29, 0.717) is 19.7 Å². The molecule has 5 nitrogen and oxygen atoms in total. The molecule has 0 radical (unpaired) electrons. The molecule has 2 rings (SSSR count). The van der Waals surface area contributed by atoms with E-state index in [1.807, 2.05) is 44.3 Å². The summed E-state index contributed by atoms with van der Waals surface area (Å²) >= 11 is 5.10. The Morgan fingerprint density at radius 2 is 2.26 bits per heavy atom. The minimum Gasteiger partial charge on any atom is -0.492 e. The fraction of sp³-hybridized carbons (Fsp3) is 0.375. The van der Waals surface area contributed by atoms with Gasteiger partial charge in [-0.05, 0) is 32.0 Å². The molecule has 0 bridgehead atoms. The lowest BCUT2D eigenvalue weighted by atomic mass is 10.3. The molecule has 2 N–H and O–H groups in total. The second-order valence-corrected chi connectivity index (χ2v) is 7.03. The third-order valence-corrected chi connectivity index (χ3v) is 4.24. The molecule has 0 aliphatic carbocycles. The number of ether oxygens (including phenoxy) is 1. The molecule has 0 aliphatic heterocycles. The Morgan fingerprint density at radius 3 is 2.96 bits per heavy atom. The third kappa shape index (κ3) is 6.58. The highest BCUT2D eigenvalue weighted by molar-refractivity contribution is 9.10. The number of nitrogens with zero attached hydrogens (tertiary/aromatic N) is 2. The number of hydrogen-bond donors (Lipinski definition) is 2. The Hall–Kier alpha value is -1.60. The van der Waals surface area contributed by atoms with Gasteiger partial charge in [-0.2, -0.15) is 0 Å². The zero-order chi connectivity index (χ0) is 16.5. The summed E-state index contributed by atoms with van der Waals surface area (Å²) in [6, 6.07) is 7.81. The number of guanidine groups is 1. The maximum Gasteiger partial charge on any atom is 0.191 e.